The van der Waals surface area contributed by atoms with Crippen LogP contribution in [0.15, 0.2) is 64.7 Å². The van der Waals surface area contributed by atoms with Gasteiger partial charge in [0.25, 0.3) is 0 Å². The molecule has 0 bridgehead atoms. The average molecular weight is 365 g/mol. The lowest BCUT2D eigenvalue weighted by Gasteiger charge is -2.06. The molecule has 0 aliphatic rings. The highest BCUT2D eigenvalue weighted by atomic mass is 32.1. The number of aromatic nitrogens is 3. The van der Waals surface area contributed by atoms with Crippen LogP contribution >= 0.6 is 11.3 Å². The van der Waals surface area contributed by atoms with E-state index in [-0.39, 0.29) is 12.6 Å². The number of esters is 1. The second-order valence-electron chi connectivity index (χ2n) is 5.63. The quantitative estimate of drug-likeness (QED) is 0.494. The highest BCUT2D eigenvalue weighted by molar-refractivity contribution is 7.13. The van der Waals surface area contributed by atoms with Crippen molar-refractivity contribution in [1.29, 1.82) is 0 Å². The van der Waals surface area contributed by atoms with Gasteiger partial charge in [-0.15, -0.1) is 11.3 Å². The lowest BCUT2D eigenvalue weighted by atomic mass is 10.2. The van der Waals surface area contributed by atoms with Crippen LogP contribution in [0, 0.1) is 6.92 Å². The number of hydrogen-bond acceptors (Lipinski definition) is 6. The Morgan fingerprint density at radius 2 is 2.08 bits per heavy atom. The smallest absolute Gasteiger partial charge is 0.338 e. The number of ether oxygens (including phenoxy) is 1. The highest BCUT2D eigenvalue weighted by Crippen LogP contribution is 2.24. The van der Waals surface area contributed by atoms with Gasteiger partial charge in [-0.25, -0.2) is 14.5 Å². The Morgan fingerprint density at radius 1 is 1.23 bits per heavy atom. The molecule has 1 aromatic carbocycles. The molecule has 3 aromatic heterocycles. The third kappa shape index (κ3) is 3.29. The van der Waals surface area contributed by atoms with E-state index in [2.05, 4.69) is 10.1 Å². The number of carbonyl (C=O) groups excluding carboxylic acids is 1. The molecule has 130 valence electrons. The monoisotopic (exact) mass is 365 g/mol. The normalized spacial score (nSPS) is 10.8. The second-order valence-corrected chi connectivity index (χ2v) is 6.49. The SMILES string of the molecule is Cc1ccnn1-c1ccc(C(=O)OCc2csc(-c3ccco3)n2)cc1. The fraction of sp³-hybridized carbons (Fsp3) is 0.105. The predicted molar refractivity (Wildman–Crippen MR) is 97.2 cm³/mol. The molecule has 26 heavy (non-hydrogen) atoms. The summed E-state index contributed by atoms with van der Waals surface area (Å²) < 4.78 is 12.5. The van der Waals surface area contributed by atoms with Crippen LogP contribution in [0.3, 0.4) is 0 Å². The van der Waals surface area contributed by atoms with Gasteiger partial charge in [0.15, 0.2) is 10.8 Å². The lowest BCUT2D eigenvalue weighted by Crippen LogP contribution is -2.06. The maximum absolute atomic E-state index is 12.2. The molecule has 0 saturated heterocycles. The Bertz CT molecular complexity index is 1020. The zero-order valence-electron chi connectivity index (χ0n) is 14.0. The van der Waals surface area contributed by atoms with Gasteiger partial charge >= 0.3 is 5.97 Å². The van der Waals surface area contributed by atoms with Gasteiger partial charge in [-0.05, 0) is 49.4 Å². The molecule has 0 unspecified atom stereocenters. The summed E-state index contributed by atoms with van der Waals surface area (Å²) in [7, 11) is 0. The number of hydrogen-bond donors (Lipinski definition) is 0. The van der Waals surface area contributed by atoms with Crippen LogP contribution in [-0.4, -0.2) is 20.7 Å². The molecule has 0 atom stereocenters. The number of rotatable bonds is 5. The number of furan rings is 1. The first-order chi connectivity index (χ1) is 12.7. The van der Waals surface area contributed by atoms with Gasteiger partial charge in [-0.3, -0.25) is 0 Å². The fourth-order valence-electron chi connectivity index (χ4n) is 2.49. The van der Waals surface area contributed by atoms with Crippen molar-refractivity contribution >= 4 is 17.3 Å². The van der Waals surface area contributed by atoms with E-state index in [0.29, 0.717) is 17.0 Å². The van der Waals surface area contributed by atoms with Gasteiger partial charge in [0.2, 0.25) is 0 Å². The minimum Gasteiger partial charge on any atom is -0.462 e. The van der Waals surface area contributed by atoms with Crippen LogP contribution < -0.4 is 0 Å². The Kier molecular flexibility index (Phi) is 4.37. The molecule has 0 aliphatic carbocycles. The van der Waals surface area contributed by atoms with Crippen molar-refractivity contribution in [3.8, 4) is 16.5 Å². The minimum atomic E-state index is -0.388. The molecule has 3 heterocycles. The van der Waals surface area contributed by atoms with Crippen molar-refractivity contribution in [2.75, 3.05) is 0 Å². The summed E-state index contributed by atoms with van der Waals surface area (Å²) in [6.45, 7) is 2.09. The third-order valence-electron chi connectivity index (χ3n) is 3.81. The number of nitrogens with zero attached hydrogens (tertiary/aromatic N) is 3. The molecular formula is C19H15N3O3S. The fourth-order valence-corrected chi connectivity index (χ4v) is 3.26. The molecule has 0 spiro atoms. The maximum Gasteiger partial charge on any atom is 0.338 e. The molecule has 4 rings (SSSR count). The molecular weight excluding hydrogens is 350 g/mol. The van der Waals surface area contributed by atoms with Crippen molar-refractivity contribution in [3.63, 3.8) is 0 Å². The minimum absolute atomic E-state index is 0.121. The molecule has 0 N–H and O–H groups in total. The van der Waals surface area contributed by atoms with E-state index in [0.717, 1.165) is 16.4 Å². The van der Waals surface area contributed by atoms with E-state index < -0.39 is 0 Å². The zero-order valence-corrected chi connectivity index (χ0v) is 14.8. The van der Waals surface area contributed by atoms with Crippen LogP contribution in [0.2, 0.25) is 0 Å². The van der Waals surface area contributed by atoms with Gasteiger partial charge in [0, 0.05) is 17.3 Å². The molecule has 0 aliphatic heterocycles. The number of carbonyl (C=O) groups is 1. The van der Waals surface area contributed by atoms with Crippen LogP contribution in [0.5, 0.6) is 0 Å². The van der Waals surface area contributed by atoms with Crippen LogP contribution in [0.4, 0.5) is 0 Å². The van der Waals surface area contributed by atoms with E-state index in [1.165, 1.54) is 11.3 Å². The van der Waals surface area contributed by atoms with E-state index in [1.54, 1.807) is 29.3 Å². The first kappa shape index (κ1) is 16.3. The van der Waals surface area contributed by atoms with Crippen molar-refractivity contribution in [2.24, 2.45) is 0 Å². The average Bonchev–Trinajstić information content (AvgIpc) is 3.41. The number of aryl methyl sites for hydroxylation is 1. The summed E-state index contributed by atoms with van der Waals surface area (Å²) in [4.78, 5) is 16.6. The van der Waals surface area contributed by atoms with E-state index >= 15 is 0 Å². The largest absolute Gasteiger partial charge is 0.462 e. The maximum atomic E-state index is 12.2. The first-order valence-corrected chi connectivity index (χ1v) is 8.85. The van der Waals surface area contributed by atoms with E-state index in [9.17, 15) is 4.79 Å². The topological polar surface area (TPSA) is 70.2 Å². The third-order valence-corrected chi connectivity index (χ3v) is 4.72. The second kappa shape index (κ2) is 6.97. The molecule has 0 radical (unpaired) electrons. The molecule has 0 fully saturated rings. The van der Waals surface area contributed by atoms with Gasteiger partial charge in [-0.1, -0.05) is 0 Å². The Hall–Kier alpha value is -3.19. The van der Waals surface area contributed by atoms with Gasteiger partial charge < -0.3 is 9.15 Å². The Labute approximate surface area is 153 Å². The van der Waals surface area contributed by atoms with Gasteiger partial charge in [0.05, 0.1) is 23.2 Å². The summed E-state index contributed by atoms with van der Waals surface area (Å²) in [5.41, 5.74) is 3.10. The summed E-state index contributed by atoms with van der Waals surface area (Å²) in [5.74, 6) is 0.318. The van der Waals surface area contributed by atoms with Crippen molar-refractivity contribution in [1.82, 2.24) is 14.8 Å². The standard InChI is InChI=1S/C19H15N3O3S/c1-13-8-9-20-22(13)16-6-4-14(5-7-16)19(23)25-11-15-12-26-18(21-15)17-3-2-10-24-17/h2-10,12H,11H2,1H3. The molecule has 4 aromatic rings. The first-order valence-electron chi connectivity index (χ1n) is 7.97. The molecule has 0 amide bonds. The van der Waals surface area contributed by atoms with Gasteiger partial charge in [0.1, 0.15) is 6.61 Å². The predicted octanol–water partition coefficient (Wildman–Crippen LogP) is 4.25. The van der Waals surface area contributed by atoms with Crippen molar-refractivity contribution < 1.29 is 13.9 Å². The summed E-state index contributed by atoms with van der Waals surface area (Å²) in [6.07, 6.45) is 3.34. The van der Waals surface area contributed by atoms with Crippen molar-refractivity contribution in [2.45, 2.75) is 13.5 Å². The molecule has 0 saturated carbocycles. The lowest BCUT2D eigenvalue weighted by molar-refractivity contribution is 0.0468. The van der Waals surface area contributed by atoms with E-state index in [4.69, 9.17) is 9.15 Å². The van der Waals surface area contributed by atoms with Crippen LogP contribution in [0.25, 0.3) is 16.5 Å². The highest BCUT2D eigenvalue weighted by Gasteiger charge is 2.11. The van der Waals surface area contributed by atoms with Crippen LogP contribution in [-0.2, 0) is 11.3 Å². The Morgan fingerprint density at radius 3 is 2.77 bits per heavy atom. The number of thiazole rings is 1. The van der Waals surface area contributed by atoms with E-state index in [1.807, 2.05) is 42.6 Å². The van der Waals surface area contributed by atoms with Crippen molar-refractivity contribution in [3.05, 3.63) is 77.3 Å². The van der Waals surface area contributed by atoms with Crippen LogP contribution in [0.1, 0.15) is 21.7 Å². The summed E-state index contributed by atoms with van der Waals surface area (Å²) >= 11 is 1.45. The Balaban J connectivity index is 1.40. The number of benzene rings is 1. The zero-order chi connectivity index (χ0) is 17.9. The summed E-state index contributed by atoms with van der Waals surface area (Å²) in [5, 5.41) is 6.87. The molecule has 6 nitrogen and oxygen atoms in total. The summed E-state index contributed by atoms with van der Waals surface area (Å²) in [6, 6.07) is 12.7. The van der Waals surface area contributed by atoms with Gasteiger partial charge in [-0.2, -0.15) is 5.10 Å². The molecule has 7 heteroatoms.